The molecule has 0 bridgehead atoms. The molecule has 0 aliphatic carbocycles. The minimum atomic E-state index is -0.787. The Kier molecular flexibility index (Phi) is 4.88. The van der Waals surface area contributed by atoms with Gasteiger partial charge in [-0.25, -0.2) is 4.39 Å². The van der Waals surface area contributed by atoms with Crippen molar-refractivity contribution in [1.82, 2.24) is 0 Å². The summed E-state index contributed by atoms with van der Waals surface area (Å²) < 4.78 is 18.6. The fourth-order valence-electron chi connectivity index (χ4n) is 1.86. The average Bonchev–Trinajstić information content (AvgIpc) is 2.47. The van der Waals surface area contributed by atoms with Crippen LogP contribution in [0.3, 0.4) is 0 Å². The lowest BCUT2D eigenvalue weighted by Gasteiger charge is -2.15. The maximum Gasteiger partial charge on any atom is 0.265 e. The van der Waals surface area contributed by atoms with Gasteiger partial charge in [0.1, 0.15) is 11.6 Å². The van der Waals surface area contributed by atoms with Crippen LogP contribution < -0.4 is 10.1 Å². The fourth-order valence-corrected chi connectivity index (χ4v) is 1.86. The van der Waals surface area contributed by atoms with Crippen molar-refractivity contribution in [2.45, 2.75) is 20.0 Å². The zero-order valence-electron chi connectivity index (χ0n) is 12.3. The Labute approximate surface area is 127 Å². The van der Waals surface area contributed by atoms with Crippen LogP contribution >= 0.6 is 0 Å². The molecule has 2 aromatic rings. The van der Waals surface area contributed by atoms with Crippen molar-refractivity contribution >= 4 is 17.4 Å². The molecule has 114 valence electrons. The molecule has 0 aliphatic rings. The first-order valence-electron chi connectivity index (χ1n) is 6.80. The number of ether oxygens (including phenoxy) is 1. The van der Waals surface area contributed by atoms with Gasteiger partial charge in [-0.2, -0.15) is 0 Å². The number of Topliss-reactive ketones (excluding diaryl/α,β-unsaturated/α-hetero) is 1. The molecule has 0 unspecified atom stereocenters. The molecule has 4 nitrogen and oxygen atoms in total. The normalized spacial score (nSPS) is 11.6. The summed E-state index contributed by atoms with van der Waals surface area (Å²) in [5, 5.41) is 2.57. The molecule has 1 N–H and O–H groups in total. The van der Waals surface area contributed by atoms with Gasteiger partial charge in [0, 0.05) is 11.3 Å². The standard InChI is InChI=1S/C17H16FNO3/c1-11(20)13-5-3-8-16(9-13)22-12(2)17(21)19-15-7-4-6-14(18)10-15/h3-10,12H,1-2H3,(H,19,21)/t12-/m1/s1. The van der Waals surface area contributed by atoms with Crippen LogP contribution in [-0.2, 0) is 4.79 Å². The van der Waals surface area contributed by atoms with E-state index >= 15 is 0 Å². The monoisotopic (exact) mass is 301 g/mol. The second-order valence-electron chi connectivity index (χ2n) is 4.84. The zero-order valence-corrected chi connectivity index (χ0v) is 12.3. The highest BCUT2D eigenvalue weighted by Crippen LogP contribution is 2.16. The van der Waals surface area contributed by atoms with Crippen LogP contribution in [0.5, 0.6) is 5.75 Å². The first kappa shape index (κ1) is 15.7. The van der Waals surface area contributed by atoms with Gasteiger partial charge in [-0.05, 0) is 44.2 Å². The van der Waals surface area contributed by atoms with Gasteiger partial charge in [-0.1, -0.05) is 18.2 Å². The Bertz CT molecular complexity index is 700. The molecule has 1 atom stereocenters. The predicted octanol–water partition coefficient (Wildman–Crippen LogP) is 3.43. The van der Waals surface area contributed by atoms with E-state index in [-0.39, 0.29) is 5.78 Å². The van der Waals surface area contributed by atoms with Crippen LogP contribution in [0.4, 0.5) is 10.1 Å². The highest BCUT2D eigenvalue weighted by atomic mass is 19.1. The molecule has 0 spiro atoms. The van der Waals surface area contributed by atoms with E-state index in [2.05, 4.69) is 5.32 Å². The number of hydrogen-bond donors (Lipinski definition) is 1. The van der Waals surface area contributed by atoms with Gasteiger partial charge in [0.05, 0.1) is 0 Å². The number of anilines is 1. The molecular weight excluding hydrogens is 285 g/mol. The average molecular weight is 301 g/mol. The quantitative estimate of drug-likeness (QED) is 0.861. The van der Waals surface area contributed by atoms with E-state index in [9.17, 15) is 14.0 Å². The first-order valence-corrected chi connectivity index (χ1v) is 6.80. The van der Waals surface area contributed by atoms with Gasteiger partial charge in [0.2, 0.25) is 0 Å². The molecule has 0 saturated heterocycles. The second-order valence-corrected chi connectivity index (χ2v) is 4.84. The topological polar surface area (TPSA) is 55.4 Å². The van der Waals surface area contributed by atoms with Gasteiger partial charge in [0.25, 0.3) is 5.91 Å². The number of rotatable bonds is 5. The number of amides is 1. The molecule has 0 heterocycles. The first-order chi connectivity index (χ1) is 10.5. The third kappa shape index (κ3) is 4.15. The maximum absolute atomic E-state index is 13.1. The van der Waals surface area contributed by atoms with E-state index in [0.717, 1.165) is 0 Å². The van der Waals surface area contributed by atoms with Crippen LogP contribution in [0.2, 0.25) is 0 Å². The van der Waals surface area contributed by atoms with E-state index in [1.807, 2.05) is 0 Å². The molecule has 0 radical (unpaired) electrons. The number of nitrogens with one attached hydrogen (secondary N) is 1. The SMILES string of the molecule is CC(=O)c1cccc(O[C@H](C)C(=O)Nc2cccc(F)c2)c1. The Morgan fingerprint density at radius 2 is 1.86 bits per heavy atom. The van der Waals surface area contributed by atoms with Gasteiger partial charge in [-0.15, -0.1) is 0 Å². The molecule has 22 heavy (non-hydrogen) atoms. The Morgan fingerprint density at radius 3 is 2.55 bits per heavy atom. The maximum atomic E-state index is 13.1. The second kappa shape index (κ2) is 6.85. The lowest BCUT2D eigenvalue weighted by Crippen LogP contribution is -2.30. The largest absolute Gasteiger partial charge is 0.481 e. The van der Waals surface area contributed by atoms with Crippen LogP contribution in [0.25, 0.3) is 0 Å². The van der Waals surface area contributed by atoms with Crippen molar-refractivity contribution < 1.29 is 18.7 Å². The molecule has 0 aromatic heterocycles. The molecule has 0 saturated carbocycles. The van der Waals surface area contributed by atoms with Crippen molar-refractivity contribution in [3.05, 3.63) is 59.9 Å². The lowest BCUT2D eigenvalue weighted by atomic mass is 10.1. The Morgan fingerprint density at radius 1 is 1.14 bits per heavy atom. The number of halogens is 1. The van der Waals surface area contributed by atoms with E-state index in [1.165, 1.54) is 25.1 Å². The van der Waals surface area contributed by atoms with Gasteiger partial charge >= 0.3 is 0 Å². The van der Waals surface area contributed by atoms with E-state index in [1.54, 1.807) is 37.3 Å². The van der Waals surface area contributed by atoms with Crippen molar-refractivity contribution in [1.29, 1.82) is 0 Å². The van der Waals surface area contributed by atoms with Crippen LogP contribution in [0.1, 0.15) is 24.2 Å². The van der Waals surface area contributed by atoms with Gasteiger partial charge in [0.15, 0.2) is 11.9 Å². The zero-order chi connectivity index (χ0) is 16.1. The fraction of sp³-hybridized carbons (Fsp3) is 0.176. The highest BCUT2D eigenvalue weighted by molar-refractivity contribution is 5.95. The Balaban J connectivity index is 2.02. The Hall–Kier alpha value is -2.69. The molecule has 5 heteroatoms. The highest BCUT2D eigenvalue weighted by Gasteiger charge is 2.15. The third-order valence-corrected chi connectivity index (χ3v) is 3.01. The van der Waals surface area contributed by atoms with Crippen LogP contribution in [-0.4, -0.2) is 17.8 Å². The summed E-state index contributed by atoms with van der Waals surface area (Å²) in [6.07, 6.45) is -0.787. The number of benzene rings is 2. The minimum absolute atomic E-state index is 0.0812. The number of carbonyl (C=O) groups excluding carboxylic acids is 2. The van der Waals surface area contributed by atoms with E-state index in [0.29, 0.717) is 17.0 Å². The summed E-state index contributed by atoms with van der Waals surface area (Å²) in [6, 6.07) is 12.2. The number of ketones is 1. The summed E-state index contributed by atoms with van der Waals surface area (Å²) in [7, 11) is 0. The summed E-state index contributed by atoms with van der Waals surface area (Å²) in [6.45, 7) is 3.04. The molecule has 2 rings (SSSR count). The summed E-state index contributed by atoms with van der Waals surface area (Å²) in [4.78, 5) is 23.3. The smallest absolute Gasteiger partial charge is 0.265 e. The molecular formula is C17H16FNO3. The van der Waals surface area contributed by atoms with Gasteiger partial charge < -0.3 is 10.1 Å². The molecule has 0 aliphatic heterocycles. The number of hydrogen-bond acceptors (Lipinski definition) is 3. The summed E-state index contributed by atoms with van der Waals surface area (Å²) >= 11 is 0. The molecule has 0 fully saturated rings. The van der Waals surface area contributed by atoms with Crippen molar-refractivity contribution in [3.63, 3.8) is 0 Å². The minimum Gasteiger partial charge on any atom is -0.481 e. The van der Waals surface area contributed by atoms with E-state index in [4.69, 9.17) is 4.74 Å². The predicted molar refractivity (Wildman–Crippen MR) is 81.6 cm³/mol. The number of carbonyl (C=O) groups is 2. The molecule has 2 aromatic carbocycles. The summed E-state index contributed by atoms with van der Waals surface area (Å²) in [5.41, 5.74) is 0.869. The lowest BCUT2D eigenvalue weighted by molar-refractivity contribution is -0.122. The van der Waals surface area contributed by atoms with Gasteiger partial charge in [-0.3, -0.25) is 9.59 Å². The van der Waals surface area contributed by atoms with Crippen molar-refractivity contribution in [3.8, 4) is 5.75 Å². The van der Waals surface area contributed by atoms with Crippen molar-refractivity contribution in [2.75, 3.05) is 5.32 Å². The molecule has 1 amide bonds. The third-order valence-electron chi connectivity index (χ3n) is 3.01. The van der Waals surface area contributed by atoms with Crippen LogP contribution in [0, 0.1) is 5.82 Å². The van der Waals surface area contributed by atoms with Crippen LogP contribution in [0.15, 0.2) is 48.5 Å². The van der Waals surface area contributed by atoms with E-state index < -0.39 is 17.8 Å². The summed E-state index contributed by atoms with van der Waals surface area (Å²) in [5.74, 6) is -0.490. The van der Waals surface area contributed by atoms with Crippen molar-refractivity contribution in [2.24, 2.45) is 0 Å².